The molecule has 3 N–H and O–H groups in total. The van der Waals surface area contributed by atoms with Gasteiger partial charge < -0.3 is 15.5 Å². The number of carboxylic acid groups (broad SMARTS) is 2. The van der Waals surface area contributed by atoms with Gasteiger partial charge in [-0.1, -0.05) is 0 Å². The van der Waals surface area contributed by atoms with E-state index in [4.69, 9.17) is 15.5 Å². The summed E-state index contributed by atoms with van der Waals surface area (Å²) in [4.78, 5) is 21.4. The monoisotopic (exact) mass is 312 g/mol. The molecule has 6 nitrogen and oxygen atoms in total. The van der Waals surface area contributed by atoms with E-state index in [1.807, 2.05) is 6.07 Å². The zero-order valence-electron chi connectivity index (χ0n) is 9.05. The number of anilines is 1. The molecule has 1 aromatic rings. The molecule has 0 bridgehead atoms. The van der Waals surface area contributed by atoms with Crippen molar-refractivity contribution in [1.29, 1.82) is 5.26 Å². The quantitative estimate of drug-likeness (QED) is 0.762. The summed E-state index contributed by atoms with van der Waals surface area (Å²) in [5.41, 5.74) is 0.834. The Balaban J connectivity index is 2.88. The van der Waals surface area contributed by atoms with E-state index in [1.54, 1.807) is 0 Å². The van der Waals surface area contributed by atoms with Crippen molar-refractivity contribution >= 4 is 33.6 Å². The molecule has 0 saturated heterocycles. The van der Waals surface area contributed by atoms with Crippen LogP contribution >= 0.6 is 15.9 Å². The third kappa shape index (κ3) is 3.75. The molecular weight excluding hydrogens is 304 g/mol. The zero-order valence-corrected chi connectivity index (χ0v) is 10.6. The van der Waals surface area contributed by atoms with Crippen molar-refractivity contribution in [3.63, 3.8) is 0 Å². The molecule has 0 radical (unpaired) electrons. The molecule has 0 amide bonds. The molecule has 0 saturated carbocycles. The van der Waals surface area contributed by atoms with Gasteiger partial charge in [0.2, 0.25) is 0 Å². The van der Waals surface area contributed by atoms with Gasteiger partial charge in [0.1, 0.15) is 12.1 Å². The molecule has 1 atom stereocenters. The highest BCUT2D eigenvalue weighted by molar-refractivity contribution is 9.10. The molecule has 0 fully saturated rings. The van der Waals surface area contributed by atoms with Gasteiger partial charge in [0.15, 0.2) is 0 Å². The Morgan fingerprint density at radius 1 is 1.44 bits per heavy atom. The number of benzene rings is 1. The van der Waals surface area contributed by atoms with E-state index in [9.17, 15) is 9.59 Å². The molecule has 0 aliphatic carbocycles. The van der Waals surface area contributed by atoms with Crippen LogP contribution in [-0.4, -0.2) is 28.2 Å². The second kappa shape index (κ2) is 6.02. The normalized spacial score (nSPS) is 11.3. The van der Waals surface area contributed by atoms with Crippen LogP contribution in [0.25, 0.3) is 0 Å². The van der Waals surface area contributed by atoms with Gasteiger partial charge in [-0.2, -0.15) is 5.26 Å². The number of carboxylic acids is 2. The van der Waals surface area contributed by atoms with Crippen molar-refractivity contribution in [2.75, 3.05) is 5.32 Å². The molecule has 0 aliphatic rings. The fourth-order valence-corrected chi connectivity index (χ4v) is 1.74. The van der Waals surface area contributed by atoms with Crippen LogP contribution in [0.1, 0.15) is 12.0 Å². The average molecular weight is 313 g/mol. The van der Waals surface area contributed by atoms with Crippen molar-refractivity contribution in [2.24, 2.45) is 0 Å². The standard InChI is InChI=1S/C11H9BrN2O4/c12-8-3-7(2-1-6(8)5-13)14-9(11(17)18)4-10(15)16/h1-3,9,14H,4H2,(H,15,16)(H,17,18). The molecule has 0 heterocycles. The molecule has 1 unspecified atom stereocenters. The molecule has 0 aliphatic heterocycles. The van der Waals surface area contributed by atoms with Crippen LogP contribution in [0.2, 0.25) is 0 Å². The summed E-state index contributed by atoms with van der Waals surface area (Å²) < 4.78 is 0.509. The van der Waals surface area contributed by atoms with E-state index in [0.717, 1.165) is 0 Å². The van der Waals surface area contributed by atoms with Crippen LogP contribution in [0.15, 0.2) is 22.7 Å². The summed E-state index contributed by atoms with van der Waals surface area (Å²) in [6.45, 7) is 0. The zero-order chi connectivity index (χ0) is 13.7. The molecule has 0 aromatic heterocycles. The summed E-state index contributed by atoms with van der Waals surface area (Å²) in [5.74, 6) is -2.46. The first-order chi connectivity index (χ1) is 8.43. The number of halogens is 1. The van der Waals surface area contributed by atoms with Gasteiger partial charge in [-0.25, -0.2) is 4.79 Å². The number of nitriles is 1. The van der Waals surface area contributed by atoms with E-state index >= 15 is 0 Å². The third-order valence-electron chi connectivity index (χ3n) is 2.11. The smallest absolute Gasteiger partial charge is 0.326 e. The average Bonchev–Trinajstić information content (AvgIpc) is 2.27. The van der Waals surface area contributed by atoms with Gasteiger partial charge in [-0.05, 0) is 34.1 Å². The highest BCUT2D eigenvalue weighted by atomic mass is 79.9. The van der Waals surface area contributed by atoms with Gasteiger partial charge in [-0.3, -0.25) is 4.79 Å². The summed E-state index contributed by atoms with van der Waals surface area (Å²) in [5, 5.41) is 28.8. The Morgan fingerprint density at radius 2 is 2.11 bits per heavy atom. The Bertz CT molecular complexity index is 524. The largest absolute Gasteiger partial charge is 0.481 e. The number of hydrogen-bond acceptors (Lipinski definition) is 4. The third-order valence-corrected chi connectivity index (χ3v) is 2.76. The van der Waals surface area contributed by atoms with Gasteiger partial charge in [0.05, 0.1) is 12.0 Å². The number of nitrogens with one attached hydrogen (secondary N) is 1. The van der Waals surface area contributed by atoms with E-state index in [1.165, 1.54) is 18.2 Å². The van der Waals surface area contributed by atoms with Crippen LogP contribution in [0, 0.1) is 11.3 Å². The summed E-state index contributed by atoms with van der Waals surface area (Å²) in [6.07, 6.45) is -0.535. The van der Waals surface area contributed by atoms with Gasteiger partial charge in [-0.15, -0.1) is 0 Å². The molecule has 94 valence electrons. The minimum atomic E-state index is -1.25. The minimum Gasteiger partial charge on any atom is -0.481 e. The first-order valence-electron chi connectivity index (χ1n) is 4.85. The Kier molecular flexibility index (Phi) is 4.68. The van der Waals surface area contributed by atoms with Crippen LogP contribution in [-0.2, 0) is 9.59 Å². The predicted molar refractivity (Wildman–Crippen MR) is 66.2 cm³/mol. The van der Waals surface area contributed by atoms with E-state index in [-0.39, 0.29) is 0 Å². The molecular formula is C11H9BrN2O4. The second-order valence-electron chi connectivity index (χ2n) is 3.44. The van der Waals surface area contributed by atoms with Crippen molar-refractivity contribution in [1.82, 2.24) is 0 Å². The molecule has 1 aromatic carbocycles. The van der Waals surface area contributed by atoms with Crippen molar-refractivity contribution in [3.05, 3.63) is 28.2 Å². The summed E-state index contributed by atoms with van der Waals surface area (Å²) in [7, 11) is 0. The summed E-state index contributed by atoms with van der Waals surface area (Å²) >= 11 is 3.16. The molecule has 1 rings (SSSR count). The maximum atomic E-state index is 10.9. The highest BCUT2D eigenvalue weighted by Gasteiger charge is 2.20. The second-order valence-corrected chi connectivity index (χ2v) is 4.29. The topological polar surface area (TPSA) is 110 Å². The fourth-order valence-electron chi connectivity index (χ4n) is 1.27. The lowest BCUT2D eigenvalue weighted by atomic mass is 10.1. The lowest BCUT2D eigenvalue weighted by Gasteiger charge is -2.14. The summed E-state index contributed by atoms with van der Waals surface area (Å²) in [6, 6.07) is 5.27. The van der Waals surface area contributed by atoms with Crippen LogP contribution < -0.4 is 5.32 Å². The van der Waals surface area contributed by atoms with E-state index < -0.39 is 24.4 Å². The van der Waals surface area contributed by atoms with Crippen molar-refractivity contribution in [3.8, 4) is 6.07 Å². The Morgan fingerprint density at radius 3 is 2.56 bits per heavy atom. The number of hydrogen-bond donors (Lipinski definition) is 3. The van der Waals surface area contributed by atoms with Gasteiger partial charge >= 0.3 is 11.9 Å². The fraction of sp³-hybridized carbons (Fsp3) is 0.182. The predicted octanol–water partition coefficient (Wildman–Crippen LogP) is 1.66. The maximum absolute atomic E-state index is 10.9. The van der Waals surface area contributed by atoms with Gasteiger partial charge in [0, 0.05) is 10.2 Å². The van der Waals surface area contributed by atoms with Crippen LogP contribution in [0.3, 0.4) is 0 Å². The Labute approximate surface area is 111 Å². The van der Waals surface area contributed by atoms with Crippen LogP contribution in [0.4, 0.5) is 5.69 Å². The van der Waals surface area contributed by atoms with Crippen molar-refractivity contribution in [2.45, 2.75) is 12.5 Å². The SMILES string of the molecule is N#Cc1ccc(NC(CC(=O)O)C(=O)O)cc1Br. The Hall–Kier alpha value is -2.07. The molecule has 0 spiro atoms. The minimum absolute atomic E-state index is 0.408. The lowest BCUT2D eigenvalue weighted by Crippen LogP contribution is -2.31. The first kappa shape index (κ1) is 14.0. The lowest BCUT2D eigenvalue weighted by molar-refractivity contribution is -0.144. The highest BCUT2D eigenvalue weighted by Crippen LogP contribution is 2.21. The number of rotatable bonds is 5. The molecule has 7 heteroatoms. The number of nitrogens with zero attached hydrogens (tertiary/aromatic N) is 1. The first-order valence-corrected chi connectivity index (χ1v) is 5.64. The van der Waals surface area contributed by atoms with E-state index in [0.29, 0.717) is 15.7 Å². The van der Waals surface area contributed by atoms with Crippen LogP contribution in [0.5, 0.6) is 0 Å². The molecule has 18 heavy (non-hydrogen) atoms. The van der Waals surface area contributed by atoms with Crippen molar-refractivity contribution < 1.29 is 19.8 Å². The van der Waals surface area contributed by atoms with Gasteiger partial charge in [0.25, 0.3) is 0 Å². The van der Waals surface area contributed by atoms with E-state index in [2.05, 4.69) is 21.2 Å². The maximum Gasteiger partial charge on any atom is 0.326 e. The number of aliphatic carboxylic acids is 2. The number of carbonyl (C=O) groups is 2.